The van der Waals surface area contributed by atoms with Crippen molar-refractivity contribution >= 4 is 34.9 Å². The Labute approximate surface area is 194 Å². The van der Waals surface area contributed by atoms with Crippen LogP contribution in [-0.2, 0) is 9.59 Å². The first kappa shape index (κ1) is 23.5. The average molecular weight is 445 g/mol. The first-order valence-corrected chi connectivity index (χ1v) is 10.6. The van der Waals surface area contributed by atoms with Crippen LogP contribution in [0, 0.1) is 13.8 Å². The molecule has 0 unspecified atom stereocenters. The van der Waals surface area contributed by atoms with Crippen molar-refractivity contribution in [3.8, 4) is 0 Å². The van der Waals surface area contributed by atoms with Crippen molar-refractivity contribution in [3.63, 3.8) is 0 Å². The molecule has 0 spiro atoms. The molecule has 170 valence electrons. The van der Waals surface area contributed by atoms with Gasteiger partial charge in [0.15, 0.2) is 0 Å². The number of hydrogen-bond donors (Lipinski definition) is 2. The van der Waals surface area contributed by atoms with E-state index in [1.54, 1.807) is 37.4 Å². The zero-order valence-electron chi connectivity index (χ0n) is 19.0. The third kappa shape index (κ3) is 6.67. The van der Waals surface area contributed by atoms with Crippen molar-refractivity contribution in [2.75, 3.05) is 35.3 Å². The van der Waals surface area contributed by atoms with Gasteiger partial charge in [0.25, 0.3) is 0 Å². The summed E-state index contributed by atoms with van der Waals surface area (Å²) < 4.78 is 0. The Morgan fingerprint density at radius 2 is 1.45 bits per heavy atom. The van der Waals surface area contributed by atoms with Gasteiger partial charge in [0, 0.05) is 24.1 Å². The SMILES string of the molecule is Cc1ccc(N(C)C(=O)CN(C(=O)CNC(=O)Nc2cccc(C)c2)c2ccccc2)cc1. The molecule has 3 aromatic carbocycles. The molecule has 0 radical (unpaired) electrons. The number of aryl methyl sites for hydroxylation is 2. The summed E-state index contributed by atoms with van der Waals surface area (Å²) in [5, 5.41) is 5.28. The summed E-state index contributed by atoms with van der Waals surface area (Å²) in [6, 6.07) is 23.4. The van der Waals surface area contributed by atoms with E-state index in [-0.39, 0.29) is 19.0 Å². The molecule has 0 aromatic heterocycles. The van der Waals surface area contributed by atoms with Crippen LogP contribution < -0.4 is 20.4 Å². The highest BCUT2D eigenvalue weighted by Gasteiger charge is 2.22. The van der Waals surface area contributed by atoms with Crippen LogP contribution in [-0.4, -0.2) is 38.0 Å². The van der Waals surface area contributed by atoms with Crippen LogP contribution in [0.4, 0.5) is 21.9 Å². The Hall–Kier alpha value is -4.13. The number of urea groups is 1. The zero-order chi connectivity index (χ0) is 23.8. The van der Waals surface area contributed by atoms with Gasteiger partial charge in [-0.05, 0) is 55.8 Å². The predicted octanol–water partition coefficient (Wildman–Crippen LogP) is 4.12. The van der Waals surface area contributed by atoms with E-state index < -0.39 is 11.9 Å². The number of carbonyl (C=O) groups excluding carboxylic acids is 3. The van der Waals surface area contributed by atoms with E-state index in [9.17, 15) is 14.4 Å². The molecule has 0 saturated heterocycles. The van der Waals surface area contributed by atoms with Gasteiger partial charge in [-0.1, -0.05) is 48.0 Å². The molecule has 7 nitrogen and oxygen atoms in total. The Balaban J connectivity index is 1.67. The van der Waals surface area contributed by atoms with Crippen molar-refractivity contribution in [3.05, 3.63) is 90.0 Å². The molecule has 0 aliphatic carbocycles. The van der Waals surface area contributed by atoms with E-state index in [0.29, 0.717) is 11.4 Å². The Kier molecular flexibility index (Phi) is 7.81. The minimum absolute atomic E-state index is 0.158. The van der Waals surface area contributed by atoms with Crippen molar-refractivity contribution < 1.29 is 14.4 Å². The largest absolute Gasteiger partial charge is 0.329 e. The molecule has 33 heavy (non-hydrogen) atoms. The number of amides is 4. The summed E-state index contributed by atoms with van der Waals surface area (Å²) in [6.45, 7) is 3.49. The standard InChI is InChI=1S/C26H28N4O3/c1-19-12-14-22(15-13-19)29(3)25(32)18-30(23-10-5-4-6-11-23)24(31)17-27-26(33)28-21-9-7-8-20(2)16-21/h4-16H,17-18H2,1-3H3,(H2,27,28,33). The molecule has 0 bridgehead atoms. The average Bonchev–Trinajstić information content (AvgIpc) is 2.81. The summed E-state index contributed by atoms with van der Waals surface area (Å²) in [5.74, 6) is -0.647. The highest BCUT2D eigenvalue weighted by molar-refractivity contribution is 6.05. The van der Waals surface area contributed by atoms with Crippen LogP contribution in [0.15, 0.2) is 78.9 Å². The maximum atomic E-state index is 13.0. The number of anilines is 3. The van der Waals surface area contributed by atoms with Crippen molar-refractivity contribution in [1.29, 1.82) is 0 Å². The minimum Gasteiger partial charge on any atom is -0.329 e. The fourth-order valence-electron chi connectivity index (χ4n) is 3.23. The molecular formula is C26H28N4O3. The van der Waals surface area contributed by atoms with Gasteiger partial charge >= 0.3 is 6.03 Å². The van der Waals surface area contributed by atoms with Crippen LogP contribution in [0.1, 0.15) is 11.1 Å². The third-order valence-corrected chi connectivity index (χ3v) is 5.13. The predicted molar refractivity (Wildman–Crippen MR) is 132 cm³/mol. The molecule has 0 heterocycles. The molecular weight excluding hydrogens is 416 g/mol. The summed E-state index contributed by atoms with van der Waals surface area (Å²) >= 11 is 0. The molecule has 3 rings (SSSR count). The molecule has 2 N–H and O–H groups in total. The lowest BCUT2D eigenvalue weighted by Gasteiger charge is -2.26. The molecule has 7 heteroatoms. The van der Waals surface area contributed by atoms with Gasteiger partial charge in [0.2, 0.25) is 11.8 Å². The fourth-order valence-corrected chi connectivity index (χ4v) is 3.23. The lowest BCUT2D eigenvalue weighted by atomic mass is 10.2. The molecule has 0 aliphatic heterocycles. The number of nitrogens with one attached hydrogen (secondary N) is 2. The number of likely N-dealkylation sites (N-methyl/N-ethyl adjacent to an activating group) is 1. The van der Waals surface area contributed by atoms with Gasteiger partial charge in [-0.2, -0.15) is 0 Å². The molecule has 0 fully saturated rings. The van der Waals surface area contributed by atoms with Gasteiger partial charge < -0.3 is 20.4 Å². The number of benzene rings is 3. The van der Waals surface area contributed by atoms with Crippen LogP contribution in [0.3, 0.4) is 0 Å². The lowest BCUT2D eigenvalue weighted by Crippen LogP contribution is -2.46. The number of para-hydroxylation sites is 1. The zero-order valence-corrected chi connectivity index (χ0v) is 19.0. The Bertz CT molecular complexity index is 1110. The normalized spacial score (nSPS) is 10.3. The monoisotopic (exact) mass is 444 g/mol. The van der Waals surface area contributed by atoms with Crippen LogP contribution in [0.25, 0.3) is 0 Å². The van der Waals surface area contributed by atoms with Gasteiger partial charge in [-0.15, -0.1) is 0 Å². The van der Waals surface area contributed by atoms with Crippen LogP contribution >= 0.6 is 0 Å². The summed E-state index contributed by atoms with van der Waals surface area (Å²) in [6.07, 6.45) is 0. The fraction of sp³-hybridized carbons (Fsp3) is 0.192. The molecule has 3 aromatic rings. The second kappa shape index (κ2) is 10.9. The van der Waals surface area contributed by atoms with E-state index >= 15 is 0 Å². The number of rotatable bonds is 7. The first-order chi connectivity index (χ1) is 15.8. The van der Waals surface area contributed by atoms with Gasteiger partial charge in [-0.3, -0.25) is 9.59 Å². The topological polar surface area (TPSA) is 81.8 Å². The van der Waals surface area contributed by atoms with Crippen molar-refractivity contribution in [2.45, 2.75) is 13.8 Å². The van der Waals surface area contributed by atoms with Crippen molar-refractivity contribution in [2.24, 2.45) is 0 Å². The lowest BCUT2D eigenvalue weighted by molar-refractivity contribution is -0.121. The van der Waals surface area contributed by atoms with Gasteiger partial charge in [0.1, 0.15) is 6.54 Å². The highest BCUT2D eigenvalue weighted by Crippen LogP contribution is 2.17. The molecule has 4 amide bonds. The Morgan fingerprint density at radius 3 is 2.12 bits per heavy atom. The third-order valence-electron chi connectivity index (χ3n) is 5.13. The molecule has 0 atom stereocenters. The minimum atomic E-state index is -0.495. The number of nitrogens with zero attached hydrogens (tertiary/aromatic N) is 2. The van der Waals surface area contributed by atoms with E-state index in [4.69, 9.17) is 0 Å². The Morgan fingerprint density at radius 1 is 0.758 bits per heavy atom. The van der Waals surface area contributed by atoms with Crippen LogP contribution in [0.2, 0.25) is 0 Å². The summed E-state index contributed by atoms with van der Waals surface area (Å²) in [7, 11) is 1.67. The second-order valence-corrected chi connectivity index (χ2v) is 7.78. The quantitative estimate of drug-likeness (QED) is 0.575. The van der Waals surface area contributed by atoms with Gasteiger partial charge in [0.05, 0.1) is 6.54 Å². The van der Waals surface area contributed by atoms with Crippen LogP contribution in [0.5, 0.6) is 0 Å². The maximum Gasteiger partial charge on any atom is 0.319 e. The van der Waals surface area contributed by atoms with Crippen molar-refractivity contribution in [1.82, 2.24) is 5.32 Å². The first-order valence-electron chi connectivity index (χ1n) is 10.6. The second-order valence-electron chi connectivity index (χ2n) is 7.78. The summed E-state index contributed by atoms with van der Waals surface area (Å²) in [4.78, 5) is 41.1. The van der Waals surface area contributed by atoms with E-state index in [1.807, 2.05) is 62.4 Å². The van der Waals surface area contributed by atoms with E-state index in [2.05, 4.69) is 10.6 Å². The smallest absolute Gasteiger partial charge is 0.319 e. The summed E-state index contributed by atoms with van der Waals surface area (Å²) in [5.41, 5.74) is 4.05. The van der Waals surface area contributed by atoms with E-state index in [0.717, 1.165) is 16.8 Å². The highest BCUT2D eigenvalue weighted by atomic mass is 16.2. The number of hydrogen-bond acceptors (Lipinski definition) is 3. The van der Waals surface area contributed by atoms with E-state index in [1.165, 1.54) is 9.80 Å². The maximum absolute atomic E-state index is 13.0. The molecule has 0 aliphatic rings. The molecule has 0 saturated carbocycles. The number of carbonyl (C=O) groups is 3. The van der Waals surface area contributed by atoms with Gasteiger partial charge in [-0.25, -0.2) is 4.79 Å².